The second-order valence-corrected chi connectivity index (χ2v) is 7.42. The van der Waals surface area contributed by atoms with Gasteiger partial charge in [0.1, 0.15) is 10.7 Å². The number of carbonyl (C=O) groups is 1. The summed E-state index contributed by atoms with van der Waals surface area (Å²) in [5.74, 6) is -0.726. The predicted molar refractivity (Wildman–Crippen MR) is 77.6 cm³/mol. The number of carboxylic acid groups (broad SMARTS) is 1. The van der Waals surface area contributed by atoms with Crippen molar-refractivity contribution in [3.05, 3.63) is 35.1 Å². The van der Waals surface area contributed by atoms with E-state index >= 15 is 0 Å². The van der Waals surface area contributed by atoms with Crippen LogP contribution in [0, 0.1) is 0 Å². The molecule has 7 nitrogen and oxygen atoms in total. The first-order valence-electron chi connectivity index (χ1n) is 6.39. The van der Waals surface area contributed by atoms with Crippen LogP contribution in [-0.4, -0.2) is 37.5 Å². The van der Waals surface area contributed by atoms with E-state index in [0.29, 0.717) is 17.7 Å². The van der Waals surface area contributed by atoms with Crippen molar-refractivity contribution >= 4 is 27.3 Å². The minimum Gasteiger partial charge on any atom is -0.486 e. The minimum atomic E-state index is -3.98. The Hall–Kier alpha value is -1.84. The van der Waals surface area contributed by atoms with Gasteiger partial charge in [0.15, 0.2) is 11.1 Å². The molecule has 1 unspecified atom stereocenters. The van der Waals surface area contributed by atoms with E-state index in [1.807, 2.05) is 0 Å². The highest BCUT2D eigenvalue weighted by Gasteiger charge is 2.43. The Morgan fingerprint density at radius 3 is 2.95 bits per heavy atom. The molecular weight excluding hydrogens is 330 g/mol. The summed E-state index contributed by atoms with van der Waals surface area (Å²) in [7, 11) is -2.60. The lowest BCUT2D eigenvalue weighted by Crippen LogP contribution is -2.43. The standard InChI is InChI=1S/C13H13NO6S2/c1-19-13-10(4-7-21-13)22(17,18)14-5-2-9-8(3-6-20-9)11(14)12(15)16/h3-4,6-7,11H,2,5H2,1H3,(H,15,16). The number of rotatable bonds is 4. The Kier molecular flexibility index (Phi) is 3.71. The number of methoxy groups -OCH3 is 1. The van der Waals surface area contributed by atoms with Crippen LogP contribution in [-0.2, 0) is 21.2 Å². The number of hydrogen-bond acceptors (Lipinski definition) is 6. The first-order chi connectivity index (χ1) is 10.5. The van der Waals surface area contributed by atoms with Gasteiger partial charge >= 0.3 is 5.97 Å². The van der Waals surface area contributed by atoms with Crippen LogP contribution in [0.3, 0.4) is 0 Å². The molecule has 0 aromatic carbocycles. The fourth-order valence-corrected chi connectivity index (χ4v) is 5.31. The van der Waals surface area contributed by atoms with Gasteiger partial charge in [-0.15, -0.1) is 11.3 Å². The van der Waals surface area contributed by atoms with E-state index in [2.05, 4.69) is 0 Å². The molecule has 0 fully saturated rings. The van der Waals surface area contributed by atoms with Crippen molar-refractivity contribution in [2.75, 3.05) is 13.7 Å². The van der Waals surface area contributed by atoms with Crippen LogP contribution in [0.1, 0.15) is 17.4 Å². The van der Waals surface area contributed by atoms with Crippen molar-refractivity contribution in [3.8, 4) is 5.06 Å². The Morgan fingerprint density at radius 1 is 1.50 bits per heavy atom. The van der Waals surface area contributed by atoms with E-state index in [1.54, 1.807) is 5.38 Å². The van der Waals surface area contributed by atoms with Crippen LogP contribution in [0.5, 0.6) is 5.06 Å². The van der Waals surface area contributed by atoms with Crippen LogP contribution in [0.15, 0.2) is 33.1 Å². The molecule has 0 aliphatic carbocycles. The van der Waals surface area contributed by atoms with Crippen LogP contribution in [0.4, 0.5) is 0 Å². The van der Waals surface area contributed by atoms with Crippen molar-refractivity contribution in [1.82, 2.24) is 4.31 Å². The van der Waals surface area contributed by atoms with Crippen molar-refractivity contribution in [2.45, 2.75) is 17.4 Å². The summed E-state index contributed by atoms with van der Waals surface area (Å²) in [5.41, 5.74) is 0.372. The van der Waals surface area contributed by atoms with Gasteiger partial charge in [0, 0.05) is 18.5 Å². The predicted octanol–water partition coefficient (Wildman–Crippen LogP) is 1.72. The highest BCUT2D eigenvalue weighted by Crippen LogP contribution is 2.39. The second kappa shape index (κ2) is 5.41. The van der Waals surface area contributed by atoms with Crippen molar-refractivity contribution in [1.29, 1.82) is 0 Å². The van der Waals surface area contributed by atoms with Crippen molar-refractivity contribution in [3.63, 3.8) is 0 Å². The second-order valence-electron chi connectivity index (χ2n) is 4.68. The summed E-state index contributed by atoms with van der Waals surface area (Å²) in [5, 5.41) is 11.3. The molecule has 2 aromatic rings. The highest BCUT2D eigenvalue weighted by atomic mass is 32.2. The number of carboxylic acids is 1. The van der Waals surface area contributed by atoms with E-state index in [1.165, 1.54) is 25.5 Å². The molecule has 2 aromatic heterocycles. The van der Waals surface area contributed by atoms with Crippen molar-refractivity contribution in [2.24, 2.45) is 0 Å². The number of furan rings is 1. The van der Waals surface area contributed by atoms with Gasteiger partial charge in [-0.2, -0.15) is 4.31 Å². The molecule has 0 saturated carbocycles. The SMILES string of the molecule is COc1sccc1S(=O)(=O)N1CCc2occc2C1C(=O)O. The van der Waals surface area contributed by atoms with Gasteiger partial charge in [-0.3, -0.25) is 4.79 Å². The lowest BCUT2D eigenvalue weighted by molar-refractivity contribution is -0.142. The van der Waals surface area contributed by atoms with Gasteiger partial charge in [-0.25, -0.2) is 8.42 Å². The molecule has 0 radical (unpaired) electrons. The molecule has 3 heterocycles. The summed E-state index contributed by atoms with van der Waals surface area (Å²) in [6, 6.07) is 1.63. The van der Waals surface area contributed by atoms with E-state index in [4.69, 9.17) is 9.15 Å². The minimum absolute atomic E-state index is 0.0156. The van der Waals surface area contributed by atoms with Crippen LogP contribution in [0.25, 0.3) is 0 Å². The number of fused-ring (bicyclic) bond motifs is 1. The fourth-order valence-electron chi connectivity index (χ4n) is 2.56. The summed E-state index contributed by atoms with van der Waals surface area (Å²) >= 11 is 1.14. The molecule has 9 heteroatoms. The molecular formula is C13H13NO6S2. The largest absolute Gasteiger partial charge is 0.486 e. The number of sulfonamides is 1. The Labute approximate surface area is 130 Å². The molecule has 0 spiro atoms. The third-order valence-corrected chi connectivity index (χ3v) is 6.41. The zero-order valence-corrected chi connectivity index (χ0v) is 13.2. The third kappa shape index (κ3) is 2.21. The van der Waals surface area contributed by atoms with Crippen molar-refractivity contribution < 1.29 is 27.5 Å². The zero-order chi connectivity index (χ0) is 15.9. The number of aliphatic carboxylic acids is 1. The molecule has 1 N–H and O–H groups in total. The maximum atomic E-state index is 12.8. The molecule has 0 amide bonds. The summed E-state index contributed by atoms with van der Waals surface area (Å²) in [6.07, 6.45) is 1.71. The Bertz CT molecular complexity index is 806. The van der Waals surface area contributed by atoms with Gasteiger partial charge in [-0.1, -0.05) is 0 Å². The van der Waals surface area contributed by atoms with Crippen LogP contribution < -0.4 is 4.74 Å². The normalized spacial score (nSPS) is 18.9. The Morgan fingerprint density at radius 2 is 2.27 bits per heavy atom. The molecule has 1 atom stereocenters. The number of hydrogen-bond donors (Lipinski definition) is 1. The maximum Gasteiger partial charge on any atom is 0.326 e. The smallest absolute Gasteiger partial charge is 0.326 e. The van der Waals surface area contributed by atoms with Gasteiger partial charge in [0.25, 0.3) is 0 Å². The molecule has 118 valence electrons. The maximum absolute atomic E-state index is 12.8. The van der Waals surface area contributed by atoms with Gasteiger partial charge < -0.3 is 14.3 Å². The van der Waals surface area contributed by atoms with Crippen LogP contribution >= 0.6 is 11.3 Å². The van der Waals surface area contributed by atoms with E-state index in [9.17, 15) is 18.3 Å². The number of ether oxygens (including phenoxy) is 1. The first-order valence-corrected chi connectivity index (χ1v) is 8.71. The van der Waals surface area contributed by atoms with E-state index in [0.717, 1.165) is 15.6 Å². The average Bonchev–Trinajstić information content (AvgIpc) is 3.14. The van der Waals surface area contributed by atoms with Gasteiger partial charge in [-0.05, 0) is 17.5 Å². The lowest BCUT2D eigenvalue weighted by atomic mass is 10.0. The summed E-state index contributed by atoms with van der Waals surface area (Å²) in [4.78, 5) is 11.6. The van der Waals surface area contributed by atoms with Gasteiger partial charge in [0.05, 0.1) is 13.4 Å². The number of nitrogens with zero attached hydrogens (tertiary/aromatic N) is 1. The summed E-state index contributed by atoms with van der Waals surface area (Å²) in [6.45, 7) is 0.0405. The van der Waals surface area contributed by atoms with E-state index in [-0.39, 0.29) is 16.5 Å². The lowest BCUT2D eigenvalue weighted by Gasteiger charge is -2.31. The van der Waals surface area contributed by atoms with E-state index < -0.39 is 22.0 Å². The zero-order valence-electron chi connectivity index (χ0n) is 11.6. The molecule has 0 bridgehead atoms. The quantitative estimate of drug-likeness (QED) is 0.908. The fraction of sp³-hybridized carbons (Fsp3) is 0.308. The Balaban J connectivity index is 2.09. The third-order valence-electron chi connectivity index (χ3n) is 3.52. The van der Waals surface area contributed by atoms with Crippen LogP contribution in [0.2, 0.25) is 0 Å². The first kappa shape index (κ1) is 15.1. The molecule has 22 heavy (non-hydrogen) atoms. The van der Waals surface area contributed by atoms with Gasteiger partial charge in [0.2, 0.25) is 10.0 Å². The number of thiophene rings is 1. The molecule has 3 rings (SSSR count). The topological polar surface area (TPSA) is 97.1 Å². The molecule has 1 aliphatic rings. The monoisotopic (exact) mass is 343 g/mol. The highest BCUT2D eigenvalue weighted by molar-refractivity contribution is 7.89. The summed E-state index contributed by atoms with van der Waals surface area (Å²) < 4.78 is 36.9. The average molecular weight is 343 g/mol. The molecule has 1 aliphatic heterocycles. The molecule has 0 saturated heterocycles.